The van der Waals surface area contributed by atoms with E-state index in [1.165, 1.54) is 0 Å². The smallest absolute Gasteiger partial charge is 0.168 e. The van der Waals surface area contributed by atoms with Crippen LogP contribution >= 0.6 is 0 Å². The summed E-state index contributed by atoms with van der Waals surface area (Å²) in [6, 6.07) is 5.33. The Kier molecular flexibility index (Phi) is 4.65. The second-order valence-electron chi connectivity index (χ2n) is 3.62. The summed E-state index contributed by atoms with van der Waals surface area (Å²) in [5.41, 5.74) is 0.952. The van der Waals surface area contributed by atoms with Gasteiger partial charge >= 0.3 is 0 Å². The fourth-order valence-corrected chi connectivity index (χ4v) is 1.40. The van der Waals surface area contributed by atoms with Gasteiger partial charge in [-0.2, -0.15) is 0 Å². The summed E-state index contributed by atoms with van der Waals surface area (Å²) >= 11 is 0. The normalized spacial score (nSPS) is 10.6. The van der Waals surface area contributed by atoms with Gasteiger partial charge in [-0.25, -0.2) is 0 Å². The van der Waals surface area contributed by atoms with Crippen LogP contribution in [0.5, 0.6) is 11.5 Å². The zero-order chi connectivity index (χ0) is 12.0. The zero-order valence-electron chi connectivity index (χ0n) is 9.86. The van der Waals surface area contributed by atoms with Crippen molar-refractivity contribution < 1.29 is 9.84 Å². The molecule has 1 aromatic rings. The number of rotatable bonds is 5. The largest absolute Gasteiger partial charge is 0.504 e. The summed E-state index contributed by atoms with van der Waals surface area (Å²) in [4.78, 5) is 0. The molecule has 1 N–H and O–H groups in total. The lowest BCUT2D eigenvalue weighted by Crippen LogP contribution is -1.93. The Morgan fingerprint density at radius 1 is 1.50 bits per heavy atom. The molecule has 0 radical (unpaired) electrons. The van der Waals surface area contributed by atoms with Crippen molar-refractivity contribution in [3.8, 4) is 11.5 Å². The summed E-state index contributed by atoms with van der Waals surface area (Å²) < 4.78 is 5.45. The molecule has 16 heavy (non-hydrogen) atoms. The predicted molar refractivity (Wildman–Crippen MR) is 67.5 cm³/mol. The van der Waals surface area contributed by atoms with E-state index < -0.39 is 0 Å². The van der Waals surface area contributed by atoms with Crippen molar-refractivity contribution in [2.45, 2.75) is 26.7 Å². The molecule has 2 heteroatoms. The van der Waals surface area contributed by atoms with Gasteiger partial charge in [0.25, 0.3) is 0 Å². The maximum absolute atomic E-state index is 9.74. The Hall–Kier alpha value is -1.70. The number of hydrogen-bond donors (Lipinski definition) is 1. The predicted octanol–water partition coefficient (Wildman–Crippen LogP) is 4.12. The topological polar surface area (TPSA) is 29.5 Å². The van der Waals surface area contributed by atoms with Crippen molar-refractivity contribution >= 4 is 6.08 Å². The van der Waals surface area contributed by atoms with Crippen molar-refractivity contribution in [3.05, 3.63) is 42.2 Å². The van der Waals surface area contributed by atoms with Gasteiger partial charge in [0, 0.05) is 6.42 Å². The third kappa shape index (κ3) is 3.46. The van der Waals surface area contributed by atoms with Gasteiger partial charge in [0.05, 0.1) is 5.76 Å². The standard InChI is InChI=1S/C14H18O2/c1-4-6-11(3)16-14-9-8-12(7-5-2)10-13(14)15/h5,7-10,15H,3-4,6H2,1-2H3. The fourth-order valence-electron chi connectivity index (χ4n) is 1.40. The molecule has 0 saturated carbocycles. The van der Waals surface area contributed by atoms with E-state index in [0.717, 1.165) is 18.4 Å². The SMILES string of the molecule is C=C(CCC)Oc1ccc(C=CC)cc1O. The Morgan fingerprint density at radius 2 is 2.25 bits per heavy atom. The summed E-state index contributed by atoms with van der Waals surface area (Å²) in [6.45, 7) is 7.79. The van der Waals surface area contributed by atoms with E-state index in [4.69, 9.17) is 4.74 Å². The molecular formula is C14H18O2. The minimum atomic E-state index is 0.146. The first-order chi connectivity index (χ1) is 7.67. The number of aromatic hydroxyl groups is 1. The van der Waals surface area contributed by atoms with Crippen molar-refractivity contribution in [1.29, 1.82) is 0 Å². The van der Waals surface area contributed by atoms with Gasteiger partial charge in [-0.15, -0.1) is 0 Å². The molecular weight excluding hydrogens is 200 g/mol. The number of phenolic OH excluding ortho intramolecular Hbond substituents is 1. The fraction of sp³-hybridized carbons (Fsp3) is 0.286. The molecule has 0 aliphatic rings. The lowest BCUT2D eigenvalue weighted by Gasteiger charge is -2.09. The highest BCUT2D eigenvalue weighted by Crippen LogP contribution is 2.29. The molecule has 0 atom stereocenters. The number of ether oxygens (including phenoxy) is 1. The van der Waals surface area contributed by atoms with Crippen LogP contribution in [0, 0.1) is 0 Å². The number of hydrogen-bond acceptors (Lipinski definition) is 2. The van der Waals surface area contributed by atoms with Gasteiger partial charge in [0.15, 0.2) is 11.5 Å². The van der Waals surface area contributed by atoms with Crippen molar-refractivity contribution in [1.82, 2.24) is 0 Å². The van der Waals surface area contributed by atoms with Crippen LogP contribution in [0.4, 0.5) is 0 Å². The Labute approximate surface area is 96.9 Å². The average molecular weight is 218 g/mol. The molecule has 0 spiro atoms. The Balaban J connectivity index is 2.79. The van der Waals surface area contributed by atoms with Crippen LogP contribution in [-0.2, 0) is 0 Å². The number of benzene rings is 1. The molecule has 1 rings (SSSR count). The van der Waals surface area contributed by atoms with E-state index >= 15 is 0 Å². The van der Waals surface area contributed by atoms with Crippen LogP contribution in [0.15, 0.2) is 36.6 Å². The molecule has 1 aromatic carbocycles. The van der Waals surface area contributed by atoms with Crippen LogP contribution in [0.1, 0.15) is 32.3 Å². The molecule has 0 unspecified atom stereocenters. The third-order valence-corrected chi connectivity index (χ3v) is 2.13. The Morgan fingerprint density at radius 3 is 2.81 bits per heavy atom. The molecule has 0 aliphatic heterocycles. The Bertz CT molecular complexity index is 392. The molecule has 0 amide bonds. The maximum atomic E-state index is 9.74. The van der Waals surface area contributed by atoms with E-state index in [9.17, 15) is 5.11 Å². The van der Waals surface area contributed by atoms with Crippen LogP contribution < -0.4 is 4.74 Å². The van der Waals surface area contributed by atoms with Gasteiger partial charge in [-0.05, 0) is 31.0 Å². The van der Waals surface area contributed by atoms with Crippen LogP contribution in [-0.4, -0.2) is 5.11 Å². The third-order valence-electron chi connectivity index (χ3n) is 2.13. The first-order valence-corrected chi connectivity index (χ1v) is 5.48. The van der Waals surface area contributed by atoms with Gasteiger partial charge in [0.1, 0.15) is 0 Å². The van der Waals surface area contributed by atoms with Gasteiger partial charge in [-0.1, -0.05) is 31.7 Å². The van der Waals surface area contributed by atoms with Gasteiger partial charge in [0.2, 0.25) is 0 Å². The summed E-state index contributed by atoms with van der Waals surface area (Å²) in [6.07, 6.45) is 5.63. The zero-order valence-corrected chi connectivity index (χ0v) is 9.86. The molecule has 2 nitrogen and oxygen atoms in total. The maximum Gasteiger partial charge on any atom is 0.168 e. The molecule has 0 bridgehead atoms. The molecule has 0 heterocycles. The number of phenols is 1. The highest BCUT2D eigenvalue weighted by Gasteiger charge is 2.04. The minimum absolute atomic E-state index is 0.146. The van der Waals surface area contributed by atoms with Crippen molar-refractivity contribution in [2.75, 3.05) is 0 Å². The lowest BCUT2D eigenvalue weighted by atomic mass is 10.2. The van der Waals surface area contributed by atoms with Crippen LogP contribution in [0.2, 0.25) is 0 Å². The highest BCUT2D eigenvalue weighted by molar-refractivity contribution is 5.55. The average Bonchev–Trinajstić information content (AvgIpc) is 2.23. The van der Waals surface area contributed by atoms with Crippen molar-refractivity contribution in [3.63, 3.8) is 0 Å². The molecule has 0 aromatic heterocycles. The quantitative estimate of drug-likeness (QED) is 0.753. The molecule has 0 saturated heterocycles. The van der Waals surface area contributed by atoms with E-state index in [1.54, 1.807) is 12.1 Å². The van der Waals surface area contributed by atoms with E-state index in [1.807, 2.05) is 25.1 Å². The van der Waals surface area contributed by atoms with E-state index in [0.29, 0.717) is 11.5 Å². The van der Waals surface area contributed by atoms with Crippen LogP contribution in [0.3, 0.4) is 0 Å². The molecule has 0 aliphatic carbocycles. The first kappa shape index (κ1) is 12.4. The second-order valence-corrected chi connectivity index (χ2v) is 3.62. The van der Waals surface area contributed by atoms with E-state index in [2.05, 4.69) is 13.5 Å². The minimum Gasteiger partial charge on any atom is -0.504 e. The first-order valence-electron chi connectivity index (χ1n) is 5.48. The van der Waals surface area contributed by atoms with Crippen molar-refractivity contribution in [2.24, 2.45) is 0 Å². The van der Waals surface area contributed by atoms with Gasteiger partial charge < -0.3 is 9.84 Å². The summed E-state index contributed by atoms with van der Waals surface area (Å²) in [5.74, 6) is 1.29. The van der Waals surface area contributed by atoms with Gasteiger partial charge in [-0.3, -0.25) is 0 Å². The highest BCUT2D eigenvalue weighted by atomic mass is 16.5. The summed E-state index contributed by atoms with van der Waals surface area (Å²) in [5, 5.41) is 9.74. The van der Waals surface area contributed by atoms with Crippen LogP contribution in [0.25, 0.3) is 6.08 Å². The van der Waals surface area contributed by atoms with E-state index in [-0.39, 0.29) is 5.75 Å². The lowest BCUT2D eigenvalue weighted by molar-refractivity contribution is 0.369. The second kappa shape index (κ2) is 6.01. The molecule has 0 fully saturated rings. The monoisotopic (exact) mass is 218 g/mol. The number of allylic oxidation sites excluding steroid dienone is 2. The molecule has 86 valence electrons. The summed E-state index contributed by atoms with van der Waals surface area (Å²) in [7, 11) is 0.